The van der Waals surface area contributed by atoms with Crippen molar-refractivity contribution in [1.82, 2.24) is 0 Å². The minimum atomic E-state index is 0.636. The van der Waals surface area contributed by atoms with Crippen molar-refractivity contribution >= 4 is 17.4 Å². The second kappa shape index (κ2) is 5.17. The van der Waals surface area contributed by atoms with Crippen LogP contribution in [0, 0.1) is 0 Å². The Morgan fingerprint density at radius 1 is 1.16 bits per heavy atom. The van der Waals surface area contributed by atoms with E-state index in [1.807, 2.05) is 30.0 Å². The second-order valence-corrected chi connectivity index (χ2v) is 6.09. The van der Waals surface area contributed by atoms with Gasteiger partial charge in [0.15, 0.2) is 0 Å². The lowest BCUT2D eigenvalue weighted by atomic mass is 10.1. The molecule has 0 aromatic heterocycles. The number of benzene rings is 2. The number of rotatable bonds is 4. The fraction of sp³-hybridized carbons (Fsp3) is 0.250. The molecule has 3 heteroatoms. The molecular weight excluding hydrogens is 254 g/mol. The summed E-state index contributed by atoms with van der Waals surface area (Å²) in [5.74, 6) is 1.53. The van der Waals surface area contributed by atoms with E-state index in [4.69, 9.17) is 10.5 Å². The summed E-state index contributed by atoms with van der Waals surface area (Å²) in [5.41, 5.74) is 8.30. The molecular formula is C16H17NOS. The van der Waals surface area contributed by atoms with Gasteiger partial charge < -0.3 is 10.5 Å². The monoisotopic (exact) mass is 271 g/mol. The van der Waals surface area contributed by atoms with E-state index >= 15 is 0 Å². The molecule has 1 fully saturated rings. The van der Waals surface area contributed by atoms with Crippen LogP contribution in [-0.4, -0.2) is 12.4 Å². The number of hydrogen-bond donors (Lipinski definition) is 1. The third-order valence-electron chi connectivity index (χ3n) is 3.46. The molecule has 2 nitrogen and oxygen atoms in total. The fourth-order valence-corrected chi connectivity index (χ4v) is 3.60. The lowest BCUT2D eigenvalue weighted by Crippen LogP contribution is -1.92. The summed E-state index contributed by atoms with van der Waals surface area (Å²) in [6.07, 6.45) is 1.23. The van der Waals surface area contributed by atoms with Gasteiger partial charge in [-0.05, 0) is 36.1 Å². The Morgan fingerprint density at radius 2 is 1.95 bits per heavy atom. The Kier molecular flexibility index (Phi) is 3.38. The molecule has 2 aromatic carbocycles. The Bertz CT molecular complexity index is 570. The highest BCUT2D eigenvalue weighted by Gasteiger charge is 2.39. The molecule has 2 unspecified atom stereocenters. The maximum absolute atomic E-state index is 6.03. The Morgan fingerprint density at radius 3 is 2.68 bits per heavy atom. The van der Waals surface area contributed by atoms with Crippen LogP contribution in [0.25, 0.3) is 0 Å². The second-order valence-electron chi connectivity index (χ2n) is 4.81. The predicted octanol–water partition coefficient (Wildman–Crippen LogP) is 3.93. The van der Waals surface area contributed by atoms with Crippen LogP contribution in [-0.2, 0) is 0 Å². The van der Waals surface area contributed by atoms with E-state index < -0.39 is 0 Å². The first-order valence-electron chi connectivity index (χ1n) is 6.43. The van der Waals surface area contributed by atoms with E-state index in [1.54, 1.807) is 7.11 Å². The molecule has 19 heavy (non-hydrogen) atoms. The van der Waals surface area contributed by atoms with Crippen LogP contribution in [0.15, 0.2) is 53.4 Å². The summed E-state index contributed by atoms with van der Waals surface area (Å²) in [7, 11) is 1.68. The molecule has 0 aliphatic heterocycles. The SMILES string of the molecule is COc1ccc(N)c(SC2CC2c2ccccc2)c1. The molecule has 2 atom stereocenters. The van der Waals surface area contributed by atoms with Crippen molar-refractivity contribution in [3.05, 3.63) is 54.1 Å². The zero-order valence-electron chi connectivity index (χ0n) is 10.9. The molecule has 0 amide bonds. The van der Waals surface area contributed by atoms with Crippen LogP contribution >= 0.6 is 11.8 Å². The average molecular weight is 271 g/mol. The van der Waals surface area contributed by atoms with E-state index in [9.17, 15) is 0 Å². The number of thioether (sulfide) groups is 1. The zero-order chi connectivity index (χ0) is 13.2. The van der Waals surface area contributed by atoms with E-state index in [2.05, 4.69) is 30.3 Å². The van der Waals surface area contributed by atoms with Crippen molar-refractivity contribution in [3.63, 3.8) is 0 Å². The lowest BCUT2D eigenvalue weighted by Gasteiger charge is -2.07. The zero-order valence-corrected chi connectivity index (χ0v) is 11.7. The molecule has 0 radical (unpaired) electrons. The maximum Gasteiger partial charge on any atom is 0.120 e. The van der Waals surface area contributed by atoms with Crippen molar-refractivity contribution in [2.45, 2.75) is 22.5 Å². The quantitative estimate of drug-likeness (QED) is 0.856. The first-order valence-corrected chi connectivity index (χ1v) is 7.31. The minimum absolute atomic E-state index is 0.636. The Hall–Kier alpha value is -1.61. The van der Waals surface area contributed by atoms with Crippen molar-refractivity contribution in [3.8, 4) is 5.75 Å². The van der Waals surface area contributed by atoms with E-state index in [0.717, 1.165) is 16.3 Å². The molecule has 3 rings (SSSR count). The number of anilines is 1. The summed E-state index contributed by atoms with van der Waals surface area (Å²) in [6, 6.07) is 16.5. The van der Waals surface area contributed by atoms with Crippen LogP contribution < -0.4 is 10.5 Å². The van der Waals surface area contributed by atoms with Gasteiger partial charge in [0.05, 0.1) is 7.11 Å². The maximum atomic E-state index is 6.03. The van der Waals surface area contributed by atoms with Crippen molar-refractivity contribution in [2.24, 2.45) is 0 Å². The molecule has 0 bridgehead atoms. The van der Waals surface area contributed by atoms with Crippen LogP contribution in [0.3, 0.4) is 0 Å². The van der Waals surface area contributed by atoms with E-state index in [0.29, 0.717) is 11.2 Å². The Balaban J connectivity index is 1.71. The topological polar surface area (TPSA) is 35.2 Å². The summed E-state index contributed by atoms with van der Waals surface area (Å²) in [4.78, 5) is 1.13. The first kappa shape index (κ1) is 12.4. The Labute approximate surface area is 118 Å². The van der Waals surface area contributed by atoms with Crippen LogP contribution in [0.1, 0.15) is 17.9 Å². The minimum Gasteiger partial charge on any atom is -0.497 e. The molecule has 0 spiro atoms. The smallest absolute Gasteiger partial charge is 0.120 e. The van der Waals surface area contributed by atoms with Gasteiger partial charge >= 0.3 is 0 Å². The van der Waals surface area contributed by atoms with Crippen LogP contribution in [0.2, 0.25) is 0 Å². The standard InChI is InChI=1S/C16H17NOS/c1-18-12-7-8-14(17)16(9-12)19-15-10-13(15)11-5-3-2-4-6-11/h2-9,13,15H,10,17H2,1H3. The molecule has 98 valence electrons. The number of nitrogen functional groups attached to an aromatic ring is 1. The van der Waals surface area contributed by atoms with Gasteiger partial charge in [-0.15, -0.1) is 11.8 Å². The highest BCUT2D eigenvalue weighted by molar-refractivity contribution is 8.00. The molecule has 1 aliphatic carbocycles. The average Bonchev–Trinajstić information content (AvgIpc) is 3.21. The van der Waals surface area contributed by atoms with Crippen LogP contribution in [0.4, 0.5) is 5.69 Å². The molecule has 1 aliphatic rings. The number of nitrogens with two attached hydrogens (primary N) is 1. The van der Waals surface area contributed by atoms with Crippen LogP contribution in [0.5, 0.6) is 5.75 Å². The summed E-state index contributed by atoms with van der Waals surface area (Å²) >= 11 is 1.86. The van der Waals surface area contributed by atoms with Gasteiger partial charge in [0.1, 0.15) is 5.75 Å². The van der Waals surface area contributed by atoms with Gasteiger partial charge in [-0.25, -0.2) is 0 Å². The fourth-order valence-electron chi connectivity index (χ4n) is 2.26. The number of hydrogen-bond acceptors (Lipinski definition) is 3. The molecule has 0 saturated heterocycles. The third-order valence-corrected chi connectivity index (χ3v) is 4.89. The number of methoxy groups -OCH3 is 1. The van der Waals surface area contributed by atoms with Gasteiger partial charge in [0, 0.05) is 15.8 Å². The van der Waals surface area contributed by atoms with Crippen molar-refractivity contribution in [1.29, 1.82) is 0 Å². The third kappa shape index (κ3) is 2.71. The summed E-state index contributed by atoms with van der Waals surface area (Å²) in [5, 5.41) is 0.636. The van der Waals surface area contributed by atoms with Crippen molar-refractivity contribution < 1.29 is 4.74 Å². The predicted molar refractivity (Wildman–Crippen MR) is 80.9 cm³/mol. The molecule has 1 saturated carbocycles. The van der Waals surface area contributed by atoms with Crippen molar-refractivity contribution in [2.75, 3.05) is 12.8 Å². The molecule has 2 aromatic rings. The van der Waals surface area contributed by atoms with E-state index in [1.165, 1.54) is 12.0 Å². The van der Waals surface area contributed by atoms with Gasteiger partial charge in [-0.2, -0.15) is 0 Å². The van der Waals surface area contributed by atoms with Gasteiger partial charge in [-0.3, -0.25) is 0 Å². The molecule has 2 N–H and O–H groups in total. The first-order chi connectivity index (χ1) is 9.28. The summed E-state index contributed by atoms with van der Waals surface area (Å²) < 4.78 is 5.25. The largest absolute Gasteiger partial charge is 0.497 e. The highest BCUT2D eigenvalue weighted by atomic mass is 32.2. The lowest BCUT2D eigenvalue weighted by molar-refractivity contribution is 0.414. The highest BCUT2D eigenvalue weighted by Crippen LogP contribution is 2.52. The van der Waals surface area contributed by atoms with E-state index in [-0.39, 0.29) is 0 Å². The normalized spacial score (nSPS) is 21.1. The number of ether oxygens (including phenoxy) is 1. The summed E-state index contributed by atoms with van der Waals surface area (Å²) in [6.45, 7) is 0. The van der Waals surface area contributed by atoms with Gasteiger partial charge in [0.25, 0.3) is 0 Å². The molecule has 0 heterocycles. The van der Waals surface area contributed by atoms with Gasteiger partial charge in [-0.1, -0.05) is 30.3 Å². The van der Waals surface area contributed by atoms with Gasteiger partial charge in [0.2, 0.25) is 0 Å².